The highest BCUT2D eigenvalue weighted by molar-refractivity contribution is 5.88. The monoisotopic (exact) mass is 334 g/mol. The number of halogens is 2. The number of carbonyl (C=O) groups is 1. The van der Waals surface area contributed by atoms with Crippen LogP contribution in [0.1, 0.15) is 5.56 Å². The molecule has 0 N–H and O–H groups in total. The molecule has 3 rings (SSSR count). The molecule has 0 bridgehead atoms. The van der Waals surface area contributed by atoms with E-state index in [4.69, 9.17) is 14.2 Å². The number of rotatable bonds is 5. The lowest BCUT2D eigenvalue weighted by Gasteiger charge is -2.04. The van der Waals surface area contributed by atoms with Crippen LogP contribution in [-0.4, -0.2) is 19.4 Å². The molecule has 0 amide bonds. The SMILES string of the molecule is O=C(C=Cc1ccc(OC(F)F)cc1)Oc1ccc2c(c1)OCO2. The Balaban J connectivity index is 1.59. The number of carbonyl (C=O) groups excluding carboxylic acids is 1. The van der Waals surface area contributed by atoms with Gasteiger partial charge in [-0.05, 0) is 35.9 Å². The van der Waals surface area contributed by atoms with Gasteiger partial charge in [-0.25, -0.2) is 4.79 Å². The molecule has 1 heterocycles. The van der Waals surface area contributed by atoms with Gasteiger partial charge in [-0.3, -0.25) is 0 Å². The molecule has 0 spiro atoms. The summed E-state index contributed by atoms with van der Waals surface area (Å²) in [6, 6.07) is 10.7. The number of alkyl halides is 2. The van der Waals surface area contributed by atoms with Crippen molar-refractivity contribution >= 4 is 12.0 Å². The van der Waals surface area contributed by atoms with Gasteiger partial charge in [-0.1, -0.05) is 12.1 Å². The molecule has 0 fully saturated rings. The van der Waals surface area contributed by atoms with Gasteiger partial charge in [0.1, 0.15) is 11.5 Å². The molecule has 0 saturated heterocycles. The number of esters is 1. The number of fused-ring (bicyclic) bond motifs is 1. The summed E-state index contributed by atoms with van der Waals surface area (Å²) in [5.74, 6) is 0.900. The van der Waals surface area contributed by atoms with Crippen molar-refractivity contribution in [2.24, 2.45) is 0 Å². The van der Waals surface area contributed by atoms with E-state index in [-0.39, 0.29) is 12.5 Å². The van der Waals surface area contributed by atoms with Crippen molar-refractivity contribution < 1.29 is 32.5 Å². The fourth-order valence-corrected chi connectivity index (χ4v) is 2.02. The molecule has 124 valence electrons. The van der Waals surface area contributed by atoms with E-state index in [1.54, 1.807) is 30.3 Å². The third-order valence-corrected chi connectivity index (χ3v) is 3.08. The van der Waals surface area contributed by atoms with E-state index in [0.29, 0.717) is 22.8 Å². The van der Waals surface area contributed by atoms with Gasteiger partial charge in [0.2, 0.25) is 6.79 Å². The van der Waals surface area contributed by atoms with E-state index in [1.807, 2.05) is 0 Å². The summed E-state index contributed by atoms with van der Waals surface area (Å²) in [5, 5.41) is 0. The summed E-state index contributed by atoms with van der Waals surface area (Å²) in [6.45, 7) is -2.74. The van der Waals surface area contributed by atoms with Crippen molar-refractivity contribution in [2.75, 3.05) is 6.79 Å². The normalized spacial score (nSPS) is 12.6. The summed E-state index contributed by atoms with van der Waals surface area (Å²) in [7, 11) is 0. The predicted octanol–water partition coefficient (Wildman–Crippen LogP) is 3.64. The Kier molecular flexibility index (Phi) is 4.60. The van der Waals surface area contributed by atoms with E-state index >= 15 is 0 Å². The molecule has 0 aromatic heterocycles. The van der Waals surface area contributed by atoms with Crippen LogP contribution in [-0.2, 0) is 4.79 Å². The summed E-state index contributed by atoms with van der Waals surface area (Å²) in [5.41, 5.74) is 0.638. The first kappa shape index (κ1) is 15.8. The maximum atomic E-state index is 12.1. The molecule has 7 heteroatoms. The van der Waals surface area contributed by atoms with E-state index in [2.05, 4.69) is 4.74 Å². The van der Waals surface area contributed by atoms with Gasteiger partial charge in [-0.2, -0.15) is 8.78 Å². The number of ether oxygens (including phenoxy) is 4. The molecule has 24 heavy (non-hydrogen) atoms. The first-order chi connectivity index (χ1) is 11.6. The Labute approximate surface area is 136 Å². The molecule has 0 unspecified atom stereocenters. The summed E-state index contributed by atoms with van der Waals surface area (Å²) < 4.78 is 43.8. The molecule has 2 aromatic rings. The van der Waals surface area contributed by atoms with Gasteiger partial charge < -0.3 is 18.9 Å². The zero-order chi connectivity index (χ0) is 16.9. The topological polar surface area (TPSA) is 54.0 Å². The molecule has 1 aliphatic heterocycles. The molecule has 0 aliphatic carbocycles. The van der Waals surface area contributed by atoms with Crippen molar-refractivity contribution in [1.29, 1.82) is 0 Å². The summed E-state index contributed by atoms with van der Waals surface area (Å²) >= 11 is 0. The van der Waals surface area contributed by atoms with Crippen LogP contribution < -0.4 is 18.9 Å². The fourth-order valence-electron chi connectivity index (χ4n) is 2.02. The van der Waals surface area contributed by atoms with Crippen molar-refractivity contribution in [3.63, 3.8) is 0 Å². The van der Waals surface area contributed by atoms with Gasteiger partial charge in [-0.15, -0.1) is 0 Å². The maximum absolute atomic E-state index is 12.1. The van der Waals surface area contributed by atoms with Gasteiger partial charge in [0.25, 0.3) is 0 Å². The molecule has 2 aromatic carbocycles. The Morgan fingerprint density at radius 1 is 1.04 bits per heavy atom. The maximum Gasteiger partial charge on any atom is 0.387 e. The zero-order valence-corrected chi connectivity index (χ0v) is 12.3. The lowest BCUT2D eigenvalue weighted by molar-refractivity contribution is -0.128. The lowest BCUT2D eigenvalue weighted by Crippen LogP contribution is -2.03. The van der Waals surface area contributed by atoms with E-state index in [0.717, 1.165) is 0 Å². The second-order valence-corrected chi connectivity index (χ2v) is 4.72. The number of hydrogen-bond acceptors (Lipinski definition) is 5. The standard InChI is InChI=1S/C17H12F2O5/c18-17(19)24-12-4-1-11(2-5-12)3-8-16(20)23-13-6-7-14-15(9-13)22-10-21-14/h1-9,17H,10H2. The highest BCUT2D eigenvalue weighted by Crippen LogP contribution is 2.35. The Morgan fingerprint density at radius 3 is 2.50 bits per heavy atom. The minimum absolute atomic E-state index is 0.0464. The Morgan fingerprint density at radius 2 is 1.75 bits per heavy atom. The molecule has 0 radical (unpaired) electrons. The number of hydrogen-bond donors (Lipinski definition) is 0. The Hall–Kier alpha value is -3.09. The summed E-state index contributed by atoms with van der Waals surface area (Å²) in [4.78, 5) is 11.8. The average molecular weight is 334 g/mol. The van der Waals surface area contributed by atoms with Gasteiger partial charge >= 0.3 is 12.6 Å². The van der Waals surface area contributed by atoms with E-state index in [1.165, 1.54) is 24.3 Å². The first-order valence-electron chi connectivity index (χ1n) is 6.94. The fraction of sp³-hybridized carbons (Fsp3) is 0.118. The number of benzene rings is 2. The van der Waals surface area contributed by atoms with Crippen molar-refractivity contribution in [2.45, 2.75) is 6.61 Å². The minimum atomic E-state index is -2.87. The summed E-state index contributed by atoms with van der Waals surface area (Å²) in [6.07, 6.45) is 2.73. The first-order valence-corrected chi connectivity index (χ1v) is 6.94. The minimum Gasteiger partial charge on any atom is -0.454 e. The quantitative estimate of drug-likeness (QED) is 0.475. The highest BCUT2D eigenvalue weighted by atomic mass is 19.3. The van der Waals surface area contributed by atoms with Crippen LogP contribution in [0.5, 0.6) is 23.0 Å². The van der Waals surface area contributed by atoms with Gasteiger partial charge in [0.15, 0.2) is 11.5 Å². The van der Waals surface area contributed by atoms with Crippen molar-refractivity contribution in [3.8, 4) is 23.0 Å². The Bertz CT molecular complexity index is 756. The second-order valence-electron chi connectivity index (χ2n) is 4.72. The molecular formula is C17H12F2O5. The van der Waals surface area contributed by atoms with Crippen molar-refractivity contribution in [1.82, 2.24) is 0 Å². The van der Waals surface area contributed by atoms with Crippen LogP contribution in [0.25, 0.3) is 6.08 Å². The largest absolute Gasteiger partial charge is 0.454 e. The lowest BCUT2D eigenvalue weighted by atomic mass is 10.2. The highest BCUT2D eigenvalue weighted by Gasteiger charge is 2.14. The van der Waals surface area contributed by atoms with E-state index in [9.17, 15) is 13.6 Å². The van der Waals surface area contributed by atoms with Crippen LogP contribution in [0.15, 0.2) is 48.5 Å². The van der Waals surface area contributed by atoms with Crippen LogP contribution >= 0.6 is 0 Å². The third-order valence-electron chi connectivity index (χ3n) is 3.08. The van der Waals surface area contributed by atoms with Crippen LogP contribution in [0.4, 0.5) is 8.78 Å². The van der Waals surface area contributed by atoms with Crippen molar-refractivity contribution in [3.05, 3.63) is 54.1 Å². The average Bonchev–Trinajstić information content (AvgIpc) is 3.01. The molecular weight excluding hydrogens is 322 g/mol. The molecule has 5 nitrogen and oxygen atoms in total. The smallest absolute Gasteiger partial charge is 0.387 e. The van der Waals surface area contributed by atoms with Gasteiger partial charge in [0.05, 0.1) is 0 Å². The molecule has 1 aliphatic rings. The third kappa shape index (κ3) is 4.01. The molecule has 0 saturated carbocycles. The predicted molar refractivity (Wildman–Crippen MR) is 80.3 cm³/mol. The van der Waals surface area contributed by atoms with Gasteiger partial charge in [0, 0.05) is 12.1 Å². The van der Waals surface area contributed by atoms with Crippen LogP contribution in [0.3, 0.4) is 0 Å². The second kappa shape index (κ2) is 6.99. The van der Waals surface area contributed by atoms with Crippen LogP contribution in [0.2, 0.25) is 0 Å². The van der Waals surface area contributed by atoms with E-state index < -0.39 is 12.6 Å². The molecule has 0 atom stereocenters. The van der Waals surface area contributed by atoms with Crippen LogP contribution in [0, 0.1) is 0 Å². The zero-order valence-electron chi connectivity index (χ0n) is 12.3.